The van der Waals surface area contributed by atoms with E-state index in [1.54, 1.807) is 18.2 Å². The van der Waals surface area contributed by atoms with Gasteiger partial charge in [-0.3, -0.25) is 0 Å². The highest BCUT2D eigenvalue weighted by Gasteiger charge is 2.16. The molecule has 0 bridgehead atoms. The van der Waals surface area contributed by atoms with Crippen LogP contribution in [0.4, 0.5) is 0 Å². The van der Waals surface area contributed by atoms with Gasteiger partial charge in [-0.25, -0.2) is 0 Å². The van der Waals surface area contributed by atoms with E-state index < -0.39 is 0 Å². The van der Waals surface area contributed by atoms with Gasteiger partial charge in [0.2, 0.25) is 0 Å². The molecule has 0 fully saturated rings. The van der Waals surface area contributed by atoms with Crippen molar-refractivity contribution in [2.45, 2.75) is 0 Å². The van der Waals surface area contributed by atoms with Crippen molar-refractivity contribution in [1.29, 1.82) is 0 Å². The average Bonchev–Trinajstić information content (AvgIpc) is 2.35. The fraction of sp³-hybridized carbons (Fsp3) is 0. The van der Waals surface area contributed by atoms with E-state index in [-0.39, 0.29) is 25.8 Å². The van der Waals surface area contributed by atoms with Gasteiger partial charge in [0.25, 0.3) is 0 Å². The summed E-state index contributed by atoms with van der Waals surface area (Å²) in [5, 5.41) is 10.6. The highest BCUT2D eigenvalue weighted by atomic mass is 35.5. The molecule has 0 heterocycles. The van der Waals surface area contributed by atoms with Crippen LogP contribution in [0.3, 0.4) is 0 Å². The quantitative estimate of drug-likeness (QED) is 0.601. The predicted molar refractivity (Wildman–Crippen MR) is 78.6 cm³/mol. The number of phenolic OH excluding ortho intramolecular Hbond substituents is 1. The molecule has 0 saturated heterocycles. The van der Waals surface area contributed by atoms with E-state index in [9.17, 15) is 5.11 Å². The Kier molecular flexibility index (Phi) is 4.20. The van der Waals surface area contributed by atoms with Crippen LogP contribution in [0, 0.1) is 0 Å². The number of hydrogen-bond acceptors (Lipinski definition) is 1. The highest BCUT2D eigenvalue weighted by Crippen LogP contribution is 2.44. The van der Waals surface area contributed by atoms with Gasteiger partial charge in [-0.2, -0.15) is 0 Å². The molecule has 2 aromatic carbocycles. The van der Waals surface area contributed by atoms with Crippen LogP contribution in [-0.4, -0.2) is 5.11 Å². The summed E-state index contributed by atoms with van der Waals surface area (Å²) in [6.45, 7) is 0. The molecular formula is C12H5Cl5O. The molecule has 0 aliphatic heterocycles. The fourth-order valence-corrected chi connectivity index (χ4v) is 2.54. The minimum absolute atomic E-state index is 0.0660. The Bertz CT molecular complexity index is 569. The van der Waals surface area contributed by atoms with E-state index in [4.69, 9.17) is 58.0 Å². The lowest BCUT2D eigenvalue weighted by Gasteiger charge is -2.11. The molecule has 1 nitrogen and oxygen atoms in total. The first-order chi connectivity index (χ1) is 8.43. The number of hydrogen-bond donors (Lipinski definition) is 1. The average molecular weight is 342 g/mol. The number of rotatable bonds is 1. The molecule has 6 heteroatoms. The Balaban J connectivity index is 2.71. The summed E-state index contributed by atoms with van der Waals surface area (Å²) in [4.78, 5) is 0. The highest BCUT2D eigenvalue weighted by molar-refractivity contribution is 6.50. The third-order valence-corrected chi connectivity index (χ3v) is 4.55. The van der Waals surface area contributed by atoms with Gasteiger partial charge in [0.15, 0.2) is 0 Å². The minimum Gasteiger partial charge on any atom is -0.506 e. The molecular weight excluding hydrogens is 337 g/mol. The second kappa shape index (κ2) is 5.36. The maximum absolute atomic E-state index is 9.44. The van der Waals surface area contributed by atoms with Crippen LogP contribution in [-0.2, 0) is 0 Å². The zero-order chi connectivity index (χ0) is 13.4. The largest absolute Gasteiger partial charge is 0.506 e. The molecule has 0 unspecified atom stereocenters. The first kappa shape index (κ1) is 14.1. The Morgan fingerprint density at radius 3 is 1.72 bits per heavy atom. The van der Waals surface area contributed by atoms with E-state index in [0.717, 1.165) is 0 Å². The van der Waals surface area contributed by atoms with E-state index >= 15 is 0 Å². The summed E-state index contributed by atoms with van der Waals surface area (Å²) in [6, 6.07) is 6.34. The molecule has 2 rings (SSSR count). The maximum atomic E-state index is 9.44. The second-order valence-corrected chi connectivity index (χ2v) is 5.40. The summed E-state index contributed by atoms with van der Waals surface area (Å²) in [5.41, 5.74) is 1.17. The van der Waals surface area contributed by atoms with Crippen molar-refractivity contribution in [3.05, 3.63) is 49.4 Å². The van der Waals surface area contributed by atoms with Crippen molar-refractivity contribution in [3.8, 4) is 16.9 Å². The third-order valence-electron chi connectivity index (χ3n) is 2.39. The molecule has 0 amide bonds. The fourth-order valence-electron chi connectivity index (χ4n) is 1.48. The number of aromatic hydroxyl groups is 1. The lowest BCUT2D eigenvalue weighted by molar-refractivity contribution is 0.475. The van der Waals surface area contributed by atoms with Gasteiger partial charge < -0.3 is 5.11 Å². The molecule has 0 radical (unpaired) electrons. The molecule has 0 saturated carbocycles. The van der Waals surface area contributed by atoms with Crippen LogP contribution < -0.4 is 0 Å². The van der Waals surface area contributed by atoms with Crippen LogP contribution in [0.25, 0.3) is 11.1 Å². The molecule has 18 heavy (non-hydrogen) atoms. The summed E-state index contributed by atoms with van der Waals surface area (Å²) in [6.07, 6.45) is 0. The second-order valence-electron chi connectivity index (χ2n) is 3.48. The Morgan fingerprint density at radius 2 is 1.11 bits per heavy atom. The normalized spacial score (nSPS) is 10.7. The molecule has 0 atom stereocenters. The van der Waals surface area contributed by atoms with Gasteiger partial charge in [0.05, 0.1) is 20.1 Å². The van der Waals surface area contributed by atoms with Gasteiger partial charge in [-0.1, -0.05) is 64.1 Å². The molecule has 1 N–H and O–H groups in total. The number of halogens is 5. The van der Waals surface area contributed by atoms with Crippen molar-refractivity contribution in [2.24, 2.45) is 0 Å². The van der Waals surface area contributed by atoms with Crippen molar-refractivity contribution in [1.82, 2.24) is 0 Å². The summed E-state index contributed by atoms with van der Waals surface area (Å²) in [7, 11) is 0. The molecule has 0 aromatic heterocycles. The van der Waals surface area contributed by atoms with Crippen LogP contribution in [0.15, 0.2) is 24.3 Å². The third kappa shape index (κ3) is 2.38. The zero-order valence-electron chi connectivity index (χ0n) is 8.65. The maximum Gasteiger partial charge on any atom is 0.135 e. The Morgan fingerprint density at radius 1 is 0.611 bits per heavy atom. The van der Waals surface area contributed by atoms with Crippen molar-refractivity contribution < 1.29 is 5.11 Å². The molecule has 94 valence electrons. The topological polar surface area (TPSA) is 20.2 Å². The summed E-state index contributed by atoms with van der Waals surface area (Å²) >= 11 is 29.9. The van der Waals surface area contributed by atoms with E-state index in [1.165, 1.54) is 6.07 Å². The summed E-state index contributed by atoms with van der Waals surface area (Å²) in [5.74, 6) is -0.0957. The van der Waals surface area contributed by atoms with E-state index in [1.807, 2.05) is 0 Å². The van der Waals surface area contributed by atoms with Crippen molar-refractivity contribution in [3.63, 3.8) is 0 Å². The van der Waals surface area contributed by atoms with Crippen molar-refractivity contribution in [2.75, 3.05) is 0 Å². The molecule has 0 spiro atoms. The lowest BCUT2D eigenvalue weighted by Crippen LogP contribution is -1.84. The lowest BCUT2D eigenvalue weighted by atomic mass is 10.1. The molecule has 0 aliphatic carbocycles. The molecule has 2 aromatic rings. The van der Waals surface area contributed by atoms with Gasteiger partial charge in [-0.05, 0) is 18.2 Å². The van der Waals surface area contributed by atoms with E-state index in [0.29, 0.717) is 16.1 Å². The SMILES string of the molecule is Oc1ccc(-c2ccc(Cl)c(Cl)c2Cl)c(Cl)c1Cl. The number of benzene rings is 2. The van der Waals surface area contributed by atoms with Gasteiger partial charge >= 0.3 is 0 Å². The van der Waals surface area contributed by atoms with E-state index in [2.05, 4.69) is 0 Å². The number of phenols is 1. The smallest absolute Gasteiger partial charge is 0.135 e. The van der Waals surface area contributed by atoms with Crippen LogP contribution >= 0.6 is 58.0 Å². The monoisotopic (exact) mass is 340 g/mol. The predicted octanol–water partition coefficient (Wildman–Crippen LogP) is 6.33. The van der Waals surface area contributed by atoms with Gasteiger partial charge in [0.1, 0.15) is 10.8 Å². The first-order valence-electron chi connectivity index (χ1n) is 4.74. The zero-order valence-corrected chi connectivity index (χ0v) is 12.4. The standard InChI is InChI=1S/C12H5Cl5O/c13-7-3-1-5(9(14)11(7)16)6-2-4-8(18)12(17)10(6)15/h1-4,18H. The van der Waals surface area contributed by atoms with Crippen LogP contribution in [0.1, 0.15) is 0 Å². The van der Waals surface area contributed by atoms with Gasteiger partial charge in [-0.15, -0.1) is 0 Å². The van der Waals surface area contributed by atoms with Crippen LogP contribution in [0.2, 0.25) is 25.1 Å². The Hall–Kier alpha value is -0.310. The molecule has 0 aliphatic rings. The summed E-state index contributed by atoms with van der Waals surface area (Å²) < 4.78 is 0. The van der Waals surface area contributed by atoms with Gasteiger partial charge in [0, 0.05) is 11.1 Å². The van der Waals surface area contributed by atoms with Crippen molar-refractivity contribution >= 4 is 58.0 Å². The minimum atomic E-state index is -0.0957. The Labute approximate surface area is 129 Å². The first-order valence-corrected chi connectivity index (χ1v) is 6.63. The van der Waals surface area contributed by atoms with Crippen LogP contribution in [0.5, 0.6) is 5.75 Å².